The molecule has 3 amide bonds. The van der Waals surface area contributed by atoms with Crippen LogP contribution in [0.25, 0.3) is 0 Å². The average molecular weight is 619 g/mol. The number of carbonyl (C=O) groups is 3. The maximum Gasteiger partial charge on any atom is 0.294 e. The number of benzene rings is 2. The molecule has 0 fully saturated rings. The highest BCUT2D eigenvalue weighted by molar-refractivity contribution is 7.86. The lowest BCUT2D eigenvalue weighted by atomic mass is 9.95. The van der Waals surface area contributed by atoms with Crippen LogP contribution in [0.4, 0.5) is 11.4 Å². The maximum absolute atomic E-state index is 13.0. The van der Waals surface area contributed by atoms with Gasteiger partial charge in [-0.15, -0.1) is 0 Å². The summed E-state index contributed by atoms with van der Waals surface area (Å²) in [6, 6.07) is 7.28. The fourth-order valence-electron chi connectivity index (χ4n) is 5.09. The highest BCUT2D eigenvalue weighted by Crippen LogP contribution is 2.39. The zero-order valence-electron chi connectivity index (χ0n) is 23.0. The first kappa shape index (κ1) is 31.2. The lowest BCUT2D eigenvalue weighted by molar-refractivity contribution is -0.120. The molecule has 0 spiro atoms. The third-order valence-corrected chi connectivity index (χ3v) is 8.97. The van der Waals surface area contributed by atoms with E-state index in [1.807, 2.05) is 0 Å². The van der Waals surface area contributed by atoms with Crippen LogP contribution < -0.4 is 10.2 Å². The Hall–Kier alpha value is -3.73. The van der Waals surface area contributed by atoms with E-state index in [0.717, 1.165) is 34.2 Å². The zero-order chi connectivity index (χ0) is 31.4. The Morgan fingerprint density at radius 1 is 0.857 bits per heavy atom. The van der Waals surface area contributed by atoms with E-state index in [2.05, 4.69) is 5.32 Å². The van der Waals surface area contributed by atoms with Crippen molar-refractivity contribution in [3.05, 3.63) is 76.5 Å². The van der Waals surface area contributed by atoms with Crippen molar-refractivity contribution >= 4 is 49.3 Å². The van der Waals surface area contributed by atoms with Gasteiger partial charge in [-0.05, 0) is 75.9 Å². The van der Waals surface area contributed by atoms with Gasteiger partial charge >= 0.3 is 0 Å². The number of hydrogen-bond donors (Lipinski definition) is 3. The number of hydrogen-bond acceptors (Lipinski definition) is 9. The Morgan fingerprint density at radius 2 is 1.36 bits per heavy atom. The Labute approximate surface area is 242 Å². The molecular formula is C27H28N3O10S2-. The Bertz CT molecular complexity index is 1770. The van der Waals surface area contributed by atoms with E-state index in [1.54, 1.807) is 27.7 Å². The second-order valence-corrected chi connectivity index (χ2v) is 13.7. The molecule has 4 rings (SSSR count). The van der Waals surface area contributed by atoms with Crippen molar-refractivity contribution in [1.82, 2.24) is 5.06 Å². The van der Waals surface area contributed by atoms with E-state index >= 15 is 0 Å². The molecule has 224 valence electrons. The van der Waals surface area contributed by atoms with Gasteiger partial charge in [-0.3, -0.25) is 23.5 Å². The molecule has 0 saturated heterocycles. The van der Waals surface area contributed by atoms with E-state index in [1.165, 1.54) is 30.3 Å². The van der Waals surface area contributed by atoms with E-state index in [0.29, 0.717) is 0 Å². The number of nitrogens with one attached hydrogen (secondary N) is 1. The normalized spacial score (nSPS) is 18.5. The number of aryl methyl sites for hydroxylation is 2. The molecule has 2 aliphatic rings. The minimum Gasteiger partial charge on any atom is -0.784 e. The first-order chi connectivity index (χ1) is 19.2. The molecule has 0 unspecified atom stereocenters. The van der Waals surface area contributed by atoms with Crippen LogP contribution in [0.15, 0.2) is 70.0 Å². The molecule has 2 heterocycles. The molecule has 2 aliphatic heterocycles. The van der Waals surface area contributed by atoms with Crippen molar-refractivity contribution in [3.8, 4) is 0 Å². The molecule has 13 nitrogen and oxygen atoms in total. The molecule has 2 aromatic carbocycles. The topological polar surface area (TPSA) is 202 Å². The van der Waals surface area contributed by atoms with Crippen LogP contribution in [-0.2, 0) is 47.5 Å². The molecule has 0 atom stereocenters. The molecule has 2 aromatic rings. The van der Waals surface area contributed by atoms with Crippen LogP contribution in [0.2, 0.25) is 0 Å². The third-order valence-electron chi connectivity index (χ3n) is 7.10. The molecular weight excluding hydrogens is 590 g/mol. The summed E-state index contributed by atoms with van der Waals surface area (Å²) in [5.74, 6) is -2.02. The van der Waals surface area contributed by atoms with E-state index in [4.69, 9.17) is 0 Å². The molecule has 0 saturated carbocycles. The summed E-state index contributed by atoms with van der Waals surface area (Å²) in [7, 11) is -9.64. The first-order valence-corrected chi connectivity index (χ1v) is 15.4. The van der Waals surface area contributed by atoms with Gasteiger partial charge in [-0.1, -0.05) is 18.2 Å². The van der Waals surface area contributed by atoms with Crippen LogP contribution in [0.1, 0.15) is 38.8 Å². The fourth-order valence-corrected chi connectivity index (χ4v) is 6.64. The summed E-state index contributed by atoms with van der Waals surface area (Å²) in [6.07, 6.45) is 3.27. The first-order valence-electron chi connectivity index (χ1n) is 12.5. The van der Waals surface area contributed by atoms with Crippen molar-refractivity contribution in [2.24, 2.45) is 0 Å². The van der Waals surface area contributed by atoms with Crippen LogP contribution >= 0.6 is 0 Å². The molecule has 0 aromatic heterocycles. The number of rotatable bonds is 8. The van der Waals surface area contributed by atoms with E-state index in [9.17, 15) is 45.5 Å². The minimum absolute atomic E-state index is 0.0202. The number of carbonyl (C=O) groups excluding carboxylic acids is 3. The predicted molar refractivity (Wildman–Crippen MR) is 152 cm³/mol. The van der Waals surface area contributed by atoms with Crippen LogP contribution in [-0.4, -0.2) is 59.8 Å². The smallest absolute Gasteiger partial charge is 0.294 e. The van der Waals surface area contributed by atoms with Gasteiger partial charge in [-0.2, -0.15) is 16.8 Å². The van der Waals surface area contributed by atoms with Gasteiger partial charge in [0.25, 0.3) is 38.0 Å². The number of imide groups is 1. The third kappa shape index (κ3) is 5.92. The SMILES string of the molecule is CC1(C)C=C(C(=O)Nc2ccc(CCc3ccc(N4C(=O)C=CC4=O)cc3S(=O)(=O)O)c(S(=O)(=O)O)c2)C(C)(C)N1[O-]. The van der Waals surface area contributed by atoms with Crippen LogP contribution in [0.3, 0.4) is 0 Å². The molecule has 0 aliphatic carbocycles. The van der Waals surface area contributed by atoms with Crippen molar-refractivity contribution in [2.75, 3.05) is 10.2 Å². The lowest BCUT2D eigenvalue weighted by Gasteiger charge is -2.47. The Kier molecular flexibility index (Phi) is 7.82. The summed E-state index contributed by atoms with van der Waals surface area (Å²) in [5, 5.41) is 16.0. The van der Waals surface area contributed by atoms with Crippen molar-refractivity contribution in [1.29, 1.82) is 0 Å². The van der Waals surface area contributed by atoms with E-state index in [-0.39, 0.29) is 40.9 Å². The second-order valence-electron chi connectivity index (χ2n) is 10.9. The summed E-state index contributed by atoms with van der Waals surface area (Å²) in [5.41, 5.74) is -1.88. The summed E-state index contributed by atoms with van der Waals surface area (Å²) in [4.78, 5) is 36.6. The second kappa shape index (κ2) is 10.5. The van der Waals surface area contributed by atoms with E-state index < -0.39 is 58.8 Å². The summed E-state index contributed by atoms with van der Waals surface area (Å²) in [6.45, 7) is 6.46. The van der Waals surface area contributed by atoms with Crippen molar-refractivity contribution in [3.63, 3.8) is 0 Å². The Balaban J connectivity index is 1.62. The van der Waals surface area contributed by atoms with Gasteiger partial charge < -0.3 is 15.6 Å². The van der Waals surface area contributed by atoms with Gasteiger partial charge in [0.2, 0.25) is 0 Å². The summed E-state index contributed by atoms with van der Waals surface area (Å²) >= 11 is 0. The van der Waals surface area contributed by atoms with Crippen molar-refractivity contribution < 1.29 is 40.3 Å². The Morgan fingerprint density at radius 3 is 1.83 bits per heavy atom. The standard InChI is InChI=1S/C27H28N3O10S2/c1-26(2)15-20(27(3,4)30(26)34)25(33)28-18-9-7-16(21(13-18)41(35,36)37)5-6-17-8-10-19(14-22(17)42(38,39)40)29-23(31)11-12-24(29)32/h7-15H,5-6H2,1-4H3,(H,28,33)(H,35,36,37)(H,38,39,40)/q-1. The molecule has 15 heteroatoms. The predicted octanol–water partition coefficient (Wildman–Crippen LogP) is 2.63. The van der Waals surface area contributed by atoms with Crippen LogP contribution in [0, 0.1) is 5.21 Å². The number of anilines is 2. The largest absolute Gasteiger partial charge is 0.784 e. The summed E-state index contributed by atoms with van der Waals surface area (Å²) < 4.78 is 68.5. The fraction of sp³-hybridized carbons (Fsp3) is 0.296. The molecule has 0 radical (unpaired) electrons. The highest BCUT2D eigenvalue weighted by atomic mass is 32.2. The van der Waals surface area contributed by atoms with Gasteiger partial charge in [0.15, 0.2) is 0 Å². The number of nitrogens with zero attached hydrogens (tertiary/aromatic N) is 2. The quantitative estimate of drug-likeness (QED) is 0.290. The monoisotopic (exact) mass is 618 g/mol. The van der Waals surface area contributed by atoms with Crippen molar-refractivity contribution in [2.45, 2.75) is 61.4 Å². The molecule has 42 heavy (non-hydrogen) atoms. The zero-order valence-corrected chi connectivity index (χ0v) is 24.6. The maximum atomic E-state index is 13.0. The van der Waals surface area contributed by atoms with Gasteiger partial charge in [0.05, 0.1) is 15.5 Å². The van der Waals surface area contributed by atoms with Gasteiger partial charge in [0, 0.05) is 34.5 Å². The number of hydroxylamine groups is 2. The average Bonchev–Trinajstić information content (AvgIpc) is 3.29. The lowest BCUT2D eigenvalue weighted by Crippen LogP contribution is -2.47. The van der Waals surface area contributed by atoms with Gasteiger partial charge in [0.1, 0.15) is 0 Å². The number of amides is 3. The highest BCUT2D eigenvalue weighted by Gasteiger charge is 2.42. The van der Waals surface area contributed by atoms with Gasteiger partial charge in [-0.25, -0.2) is 4.90 Å². The molecule has 0 bridgehead atoms. The van der Waals surface area contributed by atoms with Crippen LogP contribution in [0.5, 0.6) is 0 Å². The minimum atomic E-state index is -4.83. The molecule has 3 N–H and O–H groups in total.